The van der Waals surface area contributed by atoms with E-state index < -0.39 is 0 Å². The van der Waals surface area contributed by atoms with Gasteiger partial charge in [-0.25, -0.2) is 4.98 Å². The lowest BCUT2D eigenvalue weighted by molar-refractivity contribution is 0.0683. The fraction of sp³-hybridized carbons (Fsp3) is 0.538. The molecule has 20 heavy (non-hydrogen) atoms. The molecule has 2 aromatic heterocycles. The molecular formula is C13H17N5OS. The van der Waals surface area contributed by atoms with Crippen LogP contribution in [0.4, 0.5) is 0 Å². The quantitative estimate of drug-likeness (QED) is 0.864. The molecule has 1 saturated heterocycles. The van der Waals surface area contributed by atoms with Gasteiger partial charge in [0.15, 0.2) is 0 Å². The Morgan fingerprint density at radius 2 is 2.45 bits per heavy atom. The number of hydrogen-bond acceptors (Lipinski definition) is 5. The number of likely N-dealkylation sites (tertiary alicyclic amines) is 1. The first-order valence-corrected chi connectivity index (χ1v) is 7.65. The van der Waals surface area contributed by atoms with Crippen molar-refractivity contribution < 1.29 is 4.79 Å². The summed E-state index contributed by atoms with van der Waals surface area (Å²) in [6, 6.07) is 0.321. The molecule has 0 N–H and O–H groups in total. The zero-order chi connectivity index (χ0) is 13.9. The lowest BCUT2D eigenvalue weighted by atomic mass is 10.1. The van der Waals surface area contributed by atoms with Crippen LogP contribution in [0, 0.1) is 0 Å². The second kappa shape index (κ2) is 5.70. The third-order valence-corrected chi connectivity index (χ3v) is 4.47. The highest BCUT2D eigenvalue weighted by molar-refractivity contribution is 7.08. The van der Waals surface area contributed by atoms with Crippen molar-refractivity contribution in [1.82, 2.24) is 24.0 Å². The van der Waals surface area contributed by atoms with Gasteiger partial charge in [-0.3, -0.25) is 4.79 Å². The van der Waals surface area contributed by atoms with E-state index in [4.69, 9.17) is 0 Å². The van der Waals surface area contributed by atoms with Crippen molar-refractivity contribution in [2.45, 2.75) is 32.2 Å². The van der Waals surface area contributed by atoms with Crippen LogP contribution in [0.3, 0.4) is 0 Å². The molecule has 106 valence electrons. The monoisotopic (exact) mass is 291 g/mol. The van der Waals surface area contributed by atoms with E-state index in [2.05, 4.69) is 19.1 Å². The summed E-state index contributed by atoms with van der Waals surface area (Å²) in [5, 5.41) is 4.03. The lowest BCUT2D eigenvalue weighted by Crippen LogP contribution is -2.40. The Bertz CT molecular complexity index is 579. The highest BCUT2D eigenvalue weighted by Gasteiger charge is 2.27. The number of nitrogens with zero attached hydrogens (tertiary/aromatic N) is 5. The maximum absolute atomic E-state index is 12.6. The van der Waals surface area contributed by atoms with E-state index in [1.54, 1.807) is 6.20 Å². The number of imidazole rings is 1. The van der Waals surface area contributed by atoms with E-state index >= 15 is 0 Å². The highest BCUT2D eigenvalue weighted by atomic mass is 32.1. The molecule has 0 saturated carbocycles. The Hall–Kier alpha value is -1.76. The van der Waals surface area contributed by atoms with Crippen molar-refractivity contribution in [1.29, 1.82) is 0 Å². The number of piperidine rings is 1. The van der Waals surface area contributed by atoms with Crippen LogP contribution in [0.25, 0.3) is 0 Å². The van der Waals surface area contributed by atoms with Gasteiger partial charge in [0.05, 0.1) is 18.1 Å². The second-order valence-corrected chi connectivity index (χ2v) is 5.71. The van der Waals surface area contributed by atoms with Crippen LogP contribution >= 0.6 is 11.5 Å². The number of aromatic nitrogens is 4. The molecule has 1 unspecified atom stereocenters. The van der Waals surface area contributed by atoms with Gasteiger partial charge in [-0.1, -0.05) is 11.4 Å². The third-order valence-electron chi connectivity index (χ3n) is 3.72. The van der Waals surface area contributed by atoms with Gasteiger partial charge in [-0.2, -0.15) is 0 Å². The largest absolute Gasteiger partial charge is 0.336 e. The van der Waals surface area contributed by atoms with Crippen LogP contribution in [-0.4, -0.2) is 43.0 Å². The van der Waals surface area contributed by atoms with E-state index in [9.17, 15) is 4.79 Å². The summed E-state index contributed by atoms with van der Waals surface area (Å²) in [4.78, 5) is 19.3. The lowest BCUT2D eigenvalue weighted by Gasteiger charge is -2.33. The molecular weight excluding hydrogens is 274 g/mol. The van der Waals surface area contributed by atoms with Crippen LogP contribution in [0.2, 0.25) is 0 Å². The molecule has 6 nitrogen and oxygen atoms in total. The van der Waals surface area contributed by atoms with Crippen LogP contribution in [0.1, 0.15) is 41.2 Å². The van der Waals surface area contributed by atoms with Gasteiger partial charge in [-0.05, 0) is 30.8 Å². The number of hydrogen-bond donors (Lipinski definition) is 0. The van der Waals surface area contributed by atoms with Crippen molar-refractivity contribution in [3.05, 3.63) is 29.3 Å². The minimum absolute atomic E-state index is 0.0710. The van der Waals surface area contributed by atoms with Gasteiger partial charge in [0.25, 0.3) is 5.91 Å². The summed E-state index contributed by atoms with van der Waals surface area (Å²) in [6.07, 6.45) is 8.41. The fourth-order valence-electron chi connectivity index (χ4n) is 2.61. The molecule has 1 amide bonds. The first-order valence-electron chi connectivity index (χ1n) is 6.87. The van der Waals surface area contributed by atoms with Crippen molar-refractivity contribution in [2.24, 2.45) is 0 Å². The smallest absolute Gasteiger partial charge is 0.267 e. The van der Waals surface area contributed by atoms with E-state index in [0.717, 1.165) is 38.0 Å². The van der Waals surface area contributed by atoms with Crippen molar-refractivity contribution >= 4 is 17.4 Å². The Kier molecular flexibility index (Phi) is 3.77. The Labute approximate surface area is 121 Å². The molecule has 3 heterocycles. The summed E-state index contributed by atoms with van der Waals surface area (Å²) in [5.74, 6) is 0.0710. The van der Waals surface area contributed by atoms with E-state index in [1.165, 1.54) is 11.5 Å². The average Bonchev–Trinajstić information content (AvgIpc) is 3.17. The molecule has 0 aromatic carbocycles. The summed E-state index contributed by atoms with van der Waals surface area (Å²) < 4.78 is 6.00. The summed E-state index contributed by atoms with van der Waals surface area (Å²) in [5.41, 5.74) is 0.810. The first kappa shape index (κ1) is 13.2. The maximum Gasteiger partial charge on any atom is 0.267 e. The molecule has 3 rings (SSSR count). The minimum atomic E-state index is 0.0710. The molecule has 2 aromatic rings. The van der Waals surface area contributed by atoms with Crippen LogP contribution in [-0.2, 0) is 6.42 Å². The molecule has 0 spiro atoms. The summed E-state index contributed by atoms with van der Waals surface area (Å²) in [7, 11) is 0. The Morgan fingerprint density at radius 3 is 3.20 bits per heavy atom. The van der Waals surface area contributed by atoms with E-state index in [-0.39, 0.29) is 5.91 Å². The molecule has 0 radical (unpaired) electrons. The average molecular weight is 291 g/mol. The second-order valence-electron chi connectivity index (χ2n) is 4.96. The fourth-order valence-corrected chi connectivity index (χ4v) is 3.33. The number of amides is 1. The van der Waals surface area contributed by atoms with Crippen LogP contribution < -0.4 is 0 Å². The van der Waals surface area contributed by atoms with Gasteiger partial charge >= 0.3 is 0 Å². The van der Waals surface area contributed by atoms with Crippen molar-refractivity contribution in [3.63, 3.8) is 0 Å². The molecule has 1 atom stereocenters. The highest BCUT2D eigenvalue weighted by Crippen LogP contribution is 2.24. The van der Waals surface area contributed by atoms with Gasteiger partial charge in [-0.15, -0.1) is 5.10 Å². The maximum atomic E-state index is 12.6. The topological polar surface area (TPSA) is 63.9 Å². The third kappa shape index (κ3) is 2.45. The number of carbonyl (C=O) groups excluding carboxylic acids is 1. The first-order chi connectivity index (χ1) is 9.79. The van der Waals surface area contributed by atoms with Crippen LogP contribution in [0.15, 0.2) is 18.7 Å². The van der Waals surface area contributed by atoms with Gasteiger partial charge in [0.1, 0.15) is 4.88 Å². The molecule has 1 aliphatic heterocycles. The molecule has 1 fully saturated rings. The molecule has 0 aliphatic carbocycles. The van der Waals surface area contributed by atoms with E-state index in [1.807, 2.05) is 24.3 Å². The van der Waals surface area contributed by atoms with Gasteiger partial charge < -0.3 is 9.47 Å². The standard InChI is InChI=1S/C13H17N5OS/c1-2-11-12(20-16-15-11)13(19)17-6-3-4-10(8-17)18-7-5-14-9-18/h5,7,9-10H,2-4,6,8H2,1H3. The number of carbonyl (C=O) groups is 1. The summed E-state index contributed by atoms with van der Waals surface area (Å²) >= 11 is 1.20. The number of rotatable bonds is 3. The minimum Gasteiger partial charge on any atom is -0.336 e. The predicted molar refractivity (Wildman–Crippen MR) is 75.7 cm³/mol. The Morgan fingerprint density at radius 1 is 1.55 bits per heavy atom. The molecule has 1 aliphatic rings. The van der Waals surface area contributed by atoms with Gasteiger partial charge in [0.2, 0.25) is 0 Å². The zero-order valence-corrected chi connectivity index (χ0v) is 12.2. The van der Waals surface area contributed by atoms with E-state index in [0.29, 0.717) is 10.9 Å². The zero-order valence-electron chi connectivity index (χ0n) is 11.4. The van der Waals surface area contributed by atoms with Crippen LogP contribution in [0.5, 0.6) is 0 Å². The van der Waals surface area contributed by atoms with Gasteiger partial charge in [0, 0.05) is 25.5 Å². The van der Waals surface area contributed by atoms with Crippen molar-refractivity contribution in [2.75, 3.05) is 13.1 Å². The molecule has 0 bridgehead atoms. The molecule has 7 heteroatoms. The van der Waals surface area contributed by atoms with Crippen molar-refractivity contribution in [3.8, 4) is 0 Å². The summed E-state index contributed by atoms with van der Waals surface area (Å²) in [6.45, 7) is 3.54. The Balaban J connectivity index is 1.75. The predicted octanol–water partition coefficient (Wildman–Crippen LogP) is 1.77. The number of aryl methyl sites for hydroxylation is 1. The normalized spacial score (nSPS) is 19.2. The SMILES string of the molecule is CCc1nnsc1C(=O)N1CCCC(n2ccnc2)C1.